The van der Waals surface area contributed by atoms with E-state index in [-0.39, 0.29) is 5.75 Å². The number of benzene rings is 3. The lowest BCUT2D eigenvalue weighted by molar-refractivity contribution is 0.0602. The fraction of sp³-hybridized carbons (Fsp3) is 0.136. The van der Waals surface area contributed by atoms with Crippen molar-refractivity contribution in [2.75, 3.05) is 7.11 Å². The van der Waals surface area contributed by atoms with Crippen LogP contribution < -0.4 is 0 Å². The lowest BCUT2D eigenvalue weighted by Crippen LogP contribution is -2.06. The zero-order valence-electron chi connectivity index (χ0n) is 14.7. The van der Waals surface area contributed by atoms with Crippen molar-refractivity contribution in [3.05, 3.63) is 77.5 Å². The maximum atomic E-state index is 12.4. The molecule has 4 heteroatoms. The molecule has 1 N–H and O–H groups in total. The Morgan fingerprint density at radius 1 is 1.00 bits per heavy atom. The number of aromatic hydroxyl groups is 1. The summed E-state index contributed by atoms with van der Waals surface area (Å²) in [5.74, 6) is -0.232. The number of esters is 1. The van der Waals surface area contributed by atoms with E-state index in [4.69, 9.17) is 4.74 Å². The van der Waals surface area contributed by atoms with Gasteiger partial charge in [-0.25, -0.2) is 4.79 Å². The van der Waals surface area contributed by atoms with Crippen LogP contribution in [0.5, 0.6) is 5.75 Å². The first-order chi connectivity index (χ1) is 12.6. The average molecular weight is 345 g/mol. The monoisotopic (exact) mass is 345 g/mol. The molecule has 4 aromatic rings. The molecule has 0 aliphatic carbocycles. The average Bonchev–Trinajstić information content (AvgIpc) is 2.94. The van der Waals surface area contributed by atoms with Gasteiger partial charge in [-0.3, -0.25) is 0 Å². The smallest absolute Gasteiger partial charge is 0.340 e. The van der Waals surface area contributed by atoms with E-state index in [9.17, 15) is 9.90 Å². The zero-order chi connectivity index (χ0) is 18.3. The van der Waals surface area contributed by atoms with E-state index in [1.807, 2.05) is 49.4 Å². The third kappa shape index (κ3) is 2.42. The largest absolute Gasteiger partial charge is 0.507 e. The van der Waals surface area contributed by atoms with Gasteiger partial charge in [-0.1, -0.05) is 54.6 Å². The van der Waals surface area contributed by atoms with Crippen LogP contribution in [0.25, 0.3) is 21.7 Å². The second kappa shape index (κ2) is 6.23. The van der Waals surface area contributed by atoms with Crippen molar-refractivity contribution in [3.8, 4) is 5.75 Å². The highest BCUT2D eigenvalue weighted by molar-refractivity contribution is 6.16. The second-order valence-electron chi connectivity index (χ2n) is 6.36. The quantitative estimate of drug-likeness (QED) is 0.550. The molecule has 3 aromatic carbocycles. The molecule has 0 fully saturated rings. The van der Waals surface area contributed by atoms with Crippen LogP contribution in [0.15, 0.2) is 60.7 Å². The number of ether oxygens (including phenoxy) is 1. The van der Waals surface area contributed by atoms with Gasteiger partial charge in [0.15, 0.2) is 0 Å². The van der Waals surface area contributed by atoms with Crippen molar-refractivity contribution in [1.82, 2.24) is 4.57 Å². The molecule has 130 valence electrons. The van der Waals surface area contributed by atoms with Crippen LogP contribution in [0.1, 0.15) is 21.6 Å². The highest BCUT2D eigenvalue weighted by Gasteiger charge is 2.23. The summed E-state index contributed by atoms with van der Waals surface area (Å²) in [6.07, 6.45) is 0. The molecule has 1 aromatic heterocycles. The molecule has 0 unspecified atom stereocenters. The van der Waals surface area contributed by atoms with Gasteiger partial charge in [-0.05, 0) is 18.6 Å². The van der Waals surface area contributed by atoms with Gasteiger partial charge in [0.25, 0.3) is 0 Å². The van der Waals surface area contributed by atoms with E-state index in [2.05, 4.69) is 16.7 Å². The molecule has 0 saturated heterocycles. The third-order valence-corrected chi connectivity index (χ3v) is 4.87. The molecule has 0 spiro atoms. The van der Waals surface area contributed by atoms with E-state index in [0.717, 1.165) is 27.5 Å². The Labute approximate surface area is 151 Å². The zero-order valence-corrected chi connectivity index (χ0v) is 14.7. The first-order valence-electron chi connectivity index (χ1n) is 8.47. The highest BCUT2D eigenvalue weighted by Crippen LogP contribution is 2.37. The van der Waals surface area contributed by atoms with Crippen LogP contribution in [0.3, 0.4) is 0 Å². The molecule has 1 heterocycles. The SMILES string of the molecule is COC(=O)c1c(C)n(Cc2ccccc2)c2c1cc(O)c1ccccc12. The van der Waals surface area contributed by atoms with Gasteiger partial charge in [0.2, 0.25) is 0 Å². The maximum Gasteiger partial charge on any atom is 0.340 e. The normalized spacial score (nSPS) is 11.2. The molecule has 0 saturated carbocycles. The molecule has 0 aliphatic rings. The Hall–Kier alpha value is -3.27. The number of aromatic nitrogens is 1. The molecule has 0 atom stereocenters. The standard InChI is InChI=1S/C22H19NO3/c1-14-20(22(25)26-2)18-12-19(24)16-10-6-7-11-17(16)21(18)23(14)13-15-8-4-3-5-9-15/h3-12,24H,13H2,1-2H3. The van der Waals surface area contributed by atoms with Gasteiger partial charge < -0.3 is 14.4 Å². The number of fused-ring (bicyclic) bond motifs is 3. The summed E-state index contributed by atoms with van der Waals surface area (Å²) in [4.78, 5) is 12.4. The van der Waals surface area contributed by atoms with Crippen molar-refractivity contribution in [2.24, 2.45) is 0 Å². The van der Waals surface area contributed by atoms with Crippen molar-refractivity contribution in [3.63, 3.8) is 0 Å². The molecular weight excluding hydrogens is 326 g/mol. The molecule has 0 aliphatic heterocycles. The van der Waals surface area contributed by atoms with Gasteiger partial charge >= 0.3 is 5.97 Å². The summed E-state index contributed by atoms with van der Waals surface area (Å²) < 4.78 is 7.13. The number of rotatable bonds is 3. The van der Waals surface area contributed by atoms with E-state index in [1.54, 1.807) is 6.07 Å². The Morgan fingerprint density at radius 2 is 1.65 bits per heavy atom. The van der Waals surface area contributed by atoms with Crippen LogP contribution >= 0.6 is 0 Å². The van der Waals surface area contributed by atoms with E-state index in [0.29, 0.717) is 17.5 Å². The molecule has 4 rings (SSSR count). The molecule has 26 heavy (non-hydrogen) atoms. The number of phenolic OH excluding ortho intramolecular Hbond substituents is 1. The van der Waals surface area contributed by atoms with Crippen LogP contribution in [-0.2, 0) is 11.3 Å². The van der Waals surface area contributed by atoms with Gasteiger partial charge in [0.05, 0.1) is 18.2 Å². The predicted octanol–water partition coefficient (Wildman–Crippen LogP) is 4.64. The summed E-state index contributed by atoms with van der Waals surface area (Å²) in [5.41, 5.74) is 3.40. The first-order valence-corrected chi connectivity index (χ1v) is 8.47. The van der Waals surface area contributed by atoms with Crippen LogP contribution in [0, 0.1) is 6.92 Å². The third-order valence-electron chi connectivity index (χ3n) is 4.87. The summed E-state index contributed by atoms with van der Waals surface area (Å²) >= 11 is 0. The van der Waals surface area contributed by atoms with Crippen molar-refractivity contribution in [1.29, 1.82) is 0 Å². The number of carbonyl (C=O) groups is 1. The molecular formula is C22H19NO3. The molecule has 4 nitrogen and oxygen atoms in total. The lowest BCUT2D eigenvalue weighted by atomic mass is 10.0. The van der Waals surface area contributed by atoms with Crippen molar-refractivity contribution >= 4 is 27.6 Å². The van der Waals surface area contributed by atoms with E-state index < -0.39 is 5.97 Å². The van der Waals surface area contributed by atoms with Crippen molar-refractivity contribution in [2.45, 2.75) is 13.5 Å². The topological polar surface area (TPSA) is 51.5 Å². The number of phenols is 1. The number of methoxy groups -OCH3 is 1. The van der Waals surface area contributed by atoms with Crippen LogP contribution in [0.2, 0.25) is 0 Å². The highest BCUT2D eigenvalue weighted by atomic mass is 16.5. The van der Waals surface area contributed by atoms with Crippen LogP contribution in [0.4, 0.5) is 0 Å². The number of carbonyl (C=O) groups excluding carboxylic acids is 1. The molecule has 0 amide bonds. The summed E-state index contributed by atoms with van der Waals surface area (Å²) in [7, 11) is 1.38. The summed E-state index contributed by atoms with van der Waals surface area (Å²) in [6.45, 7) is 2.55. The summed E-state index contributed by atoms with van der Waals surface area (Å²) in [6, 6.07) is 19.5. The minimum Gasteiger partial charge on any atom is -0.507 e. The number of hydrogen-bond donors (Lipinski definition) is 1. The fourth-order valence-electron chi connectivity index (χ4n) is 3.64. The molecule has 0 radical (unpaired) electrons. The van der Waals surface area contributed by atoms with Gasteiger partial charge in [0.1, 0.15) is 5.75 Å². The van der Waals surface area contributed by atoms with Crippen LogP contribution in [-0.4, -0.2) is 22.8 Å². The Morgan fingerprint density at radius 3 is 2.35 bits per heavy atom. The maximum absolute atomic E-state index is 12.4. The first kappa shape index (κ1) is 16.2. The fourth-order valence-corrected chi connectivity index (χ4v) is 3.64. The Balaban J connectivity index is 2.11. The van der Waals surface area contributed by atoms with E-state index >= 15 is 0 Å². The lowest BCUT2D eigenvalue weighted by Gasteiger charge is -2.11. The minimum atomic E-state index is -0.394. The predicted molar refractivity (Wildman–Crippen MR) is 103 cm³/mol. The van der Waals surface area contributed by atoms with E-state index in [1.165, 1.54) is 7.11 Å². The van der Waals surface area contributed by atoms with Gasteiger partial charge in [-0.2, -0.15) is 0 Å². The van der Waals surface area contributed by atoms with Gasteiger partial charge in [0, 0.05) is 28.4 Å². The Bertz CT molecular complexity index is 1130. The van der Waals surface area contributed by atoms with Crippen molar-refractivity contribution < 1.29 is 14.6 Å². The van der Waals surface area contributed by atoms with Gasteiger partial charge in [-0.15, -0.1) is 0 Å². The number of hydrogen-bond acceptors (Lipinski definition) is 3. The second-order valence-corrected chi connectivity index (χ2v) is 6.36. The summed E-state index contributed by atoms with van der Waals surface area (Å²) in [5, 5.41) is 12.9. The Kier molecular flexibility index (Phi) is 3.88. The number of nitrogens with zero attached hydrogens (tertiary/aromatic N) is 1. The molecule has 0 bridgehead atoms. The minimum absolute atomic E-state index is 0.162.